The molecule has 0 aliphatic heterocycles. The topological polar surface area (TPSA) is 17.8 Å². The third-order valence-corrected chi connectivity index (χ3v) is 9.16. The van der Waals surface area contributed by atoms with E-state index in [1.165, 1.54) is 44.1 Å². The molecule has 0 radical (unpaired) electrons. The highest BCUT2D eigenvalue weighted by atomic mass is 79.9. The molecule has 0 atom stereocenters. The van der Waals surface area contributed by atoms with Crippen molar-refractivity contribution in [3.8, 4) is 16.9 Å². The highest BCUT2D eigenvalue weighted by Gasteiger charge is 2.49. The lowest BCUT2D eigenvalue weighted by Crippen LogP contribution is -2.44. The van der Waals surface area contributed by atoms with Gasteiger partial charge in [-0.25, -0.2) is 4.68 Å². The molecule has 1 aromatic heterocycles. The Morgan fingerprint density at radius 2 is 1.61 bits per heavy atom. The van der Waals surface area contributed by atoms with E-state index in [-0.39, 0.29) is 0 Å². The average Bonchev–Trinajstić information content (AvgIpc) is 3.08. The first-order valence-corrected chi connectivity index (χ1v) is 13.4. The molecular formula is C28H27BrCl2N2. The molecule has 33 heavy (non-hydrogen) atoms. The van der Waals surface area contributed by atoms with E-state index in [1.807, 2.05) is 16.8 Å². The van der Waals surface area contributed by atoms with Crippen LogP contribution < -0.4 is 0 Å². The number of aromatic nitrogens is 2. The van der Waals surface area contributed by atoms with Crippen molar-refractivity contribution in [1.82, 2.24) is 9.78 Å². The van der Waals surface area contributed by atoms with Gasteiger partial charge in [-0.1, -0.05) is 57.3 Å². The monoisotopic (exact) mass is 540 g/mol. The molecule has 0 spiro atoms. The number of benzene rings is 2. The van der Waals surface area contributed by atoms with Crippen LogP contribution in [-0.4, -0.2) is 9.78 Å². The summed E-state index contributed by atoms with van der Waals surface area (Å²) in [7, 11) is 0. The van der Waals surface area contributed by atoms with Gasteiger partial charge in [0.25, 0.3) is 0 Å². The molecule has 3 aromatic rings. The van der Waals surface area contributed by atoms with Gasteiger partial charge in [-0.2, -0.15) is 5.10 Å². The van der Waals surface area contributed by atoms with E-state index in [0.29, 0.717) is 15.5 Å². The molecular weight excluding hydrogens is 515 g/mol. The van der Waals surface area contributed by atoms with Crippen LogP contribution in [0.15, 0.2) is 53.0 Å². The van der Waals surface area contributed by atoms with Gasteiger partial charge in [-0.15, -0.1) is 0 Å². The van der Waals surface area contributed by atoms with E-state index in [1.54, 1.807) is 6.07 Å². The summed E-state index contributed by atoms with van der Waals surface area (Å²) in [6, 6.07) is 14.0. The maximum absolute atomic E-state index is 6.63. The van der Waals surface area contributed by atoms with Crippen LogP contribution in [0.1, 0.15) is 49.8 Å². The second-order valence-corrected chi connectivity index (χ2v) is 12.2. The predicted molar refractivity (Wildman–Crippen MR) is 141 cm³/mol. The molecule has 0 amide bonds. The Morgan fingerprint density at radius 3 is 2.21 bits per heavy atom. The Bertz CT molecular complexity index is 1210. The SMILES string of the molecule is Cc1c(C=CC23CC4CC(CC(C4)C2)C3)nn(-c2ccc(Cl)cc2Cl)c1-c1ccc(Br)cc1. The molecule has 4 bridgehead atoms. The van der Waals surface area contributed by atoms with E-state index in [2.05, 4.69) is 59.3 Å². The van der Waals surface area contributed by atoms with Crippen molar-refractivity contribution < 1.29 is 0 Å². The molecule has 0 saturated heterocycles. The minimum atomic E-state index is 0.376. The molecule has 4 aliphatic carbocycles. The number of allylic oxidation sites excluding steroid dienone is 1. The van der Waals surface area contributed by atoms with Crippen LogP contribution in [0.3, 0.4) is 0 Å². The Balaban J connectivity index is 1.44. The third kappa shape index (κ3) is 4.00. The van der Waals surface area contributed by atoms with E-state index in [4.69, 9.17) is 28.3 Å². The number of rotatable bonds is 4. The van der Waals surface area contributed by atoms with Crippen LogP contribution in [0, 0.1) is 30.1 Å². The summed E-state index contributed by atoms with van der Waals surface area (Å²) in [5.41, 5.74) is 5.59. The molecule has 2 aromatic carbocycles. The zero-order valence-corrected chi connectivity index (χ0v) is 21.8. The van der Waals surface area contributed by atoms with Crippen LogP contribution in [0.4, 0.5) is 0 Å². The van der Waals surface area contributed by atoms with Crippen LogP contribution in [0.25, 0.3) is 23.0 Å². The first kappa shape index (κ1) is 21.9. The van der Waals surface area contributed by atoms with Crippen LogP contribution in [0.2, 0.25) is 10.0 Å². The summed E-state index contributed by atoms with van der Waals surface area (Å²) < 4.78 is 3.04. The fourth-order valence-corrected chi connectivity index (χ4v) is 7.84. The van der Waals surface area contributed by atoms with Gasteiger partial charge in [0.1, 0.15) is 0 Å². The van der Waals surface area contributed by atoms with E-state index in [0.717, 1.165) is 44.9 Å². The predicted octanol–water partition coefficient (Wildman–Crippen LogP) is 9.15. The quantitative estimate of drug-likeness (QED) is 0.322. The summed E-state index contributed by atoms with van der Waals surface area (Å²) in [4.78, 5) is 0. The van der Waals surface area contributed by atoms with Crippen molar-refractivity contribution in [1.29, 1.82) is 0 Å². The Morgan fingerprint density at radius 1 is 0.970 bits per heavy atom. The first-order chi connectivity index (χ1) is 15.9. The average molecular weight is 542 g/mol. The van der Waals surface area contributed by atoms with Crippen molar-refractivity contribution in [2.24, 2.45) is 23.2 Å². The van der Waals surface area contributed by atoms with Gasteiger partial charge in [0, 0.05) is 20.6 Å². The largest absolute Gasteiger partial charge is 0.231 e. The molecule has 170 valence electrons. The van der Waals surface area contributed by atoms with Crippen molar-refractivity contribution in [2.45, 2.75) is 45.4 Å². The van der Waals surface area contributed by atoms with Gasteiger partial charge in [0.15, 0.2) is 0 Å². The van der Waals surface area contributed by atoms with Gasteiger partial charge in [0.05, 0.1) is 22.1 Å². The second kappa shape index (κ2) is 8.29. The van der Waals surface area contributed by atoms with Crippen LogP contribution >= 0.6 is 39.1 Å². The number of nitrogens with zero attached hydrogens (tertiary/aromatic N) is 2. The standard InChI is InChI=1S/C28H27BrCl2N2/c1-17-25(8-9-28-14-18-10-19(15-28)12-20(11-18)16-28)32-33(26-7-6-23(30)13-24(26)31)27(17)21-2-4-22(29)5-3-21/h2-9,13,18-20H,10-12,14-16H2,1H3. The zero-order valence-electron chi connectivity index (χ0n) is 18.7. The maximum Gasteiger partial charge on any atom is 0.0888 e. The molecule has 0 N–H and O–H groups in total. The van der Waals surface area contributed by atoms with Gasteiger partial charge < -0.3 is 0 Å². The number of hydrogen-bond donors (Lipinski definition) is 0. The highest BCUT2D eigenvalue weighted by Crippen LogP contribution is 2.60. The van der Waals surface area contributed by atoms with Crippen molar-refractivity contribution in [3.63, 3.8) is 0 Å². The first-order valence-electron chi connectivity index (χ1n) is 11.9. The van der Waals surface area contributed by atoms with Crippen LogP contribution in [0.5, 0.6) is 0 Å². The fourth-order valence-electron chi connectivity index (χ4n) is 7.08. The highest BCUT2D eigenvalue weighted by molar-refractivity contribution is 9.10. The summed E-state index contributed by atoms with van der Waals surface area (Å²) in [5, 5.41) is 6.30. The molecule has 4 saturated carbocycles. The molecule has 7 rings (SSSR count). The van der Waals surface area contributed by atoms with E-state index >= 15 is 0 Å². The molecule has 4 fully saturated rings. The summed E-state index contributed by atoms with van der Waals surface area (Å²) >= 11 is 16.4. The number of hydrogen-bond acceptors (Lipinski definition) is 1. The van der Waals surface area contributed by atoms with Crippen molar-refractivity contribution >= 4 is 45.2 Å². The Labute approximate surface area is 214 Å². The third-order valence-electron chi connectivity index (χ3n) is 8.09. The normalized spacial score (nSPS) is 28.2. The second-order valence-electron chi connectivity index (χ2n) is 10.5. The van der Waals surface area contributed by atoms with Crippen molar-refractivity contribution in [3.05, 3.63) is 74.3 Å². The Kier molecular flexibility index (Phi) is 5.51. The summed E-state index contributed by atoms with van der Waals surface area (Å²) in [5.74, 6) is 2.81. The minimum absolute atomic E-state index is 0.376. The molecule has 1 heterocycles. The lowest BCUT2D eigenvalue weighted by molar-refractivity contribution is -0.0233. The summed E-state index contributed by atoms with van der Waals surface area (Å²) in [6.45, 7) is 2.17. The Hall–Kier alpha value is -1.55. The fraction of sp³-hybridized carbons (Fsp3) is 0.393. The van der Waals surface area contributed by atoms with Gasteiger partial charge in [0.2, 0.25) is 0 Å². The molecule has 4 aliphatic rings. The lowest BCUT2D eigenvalue weighted by Gasteiger charge is -2.55. The summed E-state index contributed by atoms with van der Waals surface area (Å²) in [6.07, 6.45) is 13.3. The maximum atomic E-state index is 6.63. The molecule has 0 unspecified atom stereocenters. The van der Waals surface area contributed by atoms with Crippen molar-refractivity contribution in [2.75, 3.05) is 0 Å². The van der Waals surface area contributed by atoms with E-state index < -0.39 is 0 Å². The minimum Gasteiger partial charge on any atom is -0.231 e. The van der Waals surface area contributed by atoms with E-state index in [9.17, 15) is 0 Å². The molecule has 5 heteroatoms. The smallest absolute Gasteiger partial charge is 0.0888 e. The van der Waals surface area contributed by atoms with Crippen LogP contribution in [-0.2, 0) is 0 Å². The lowest BCUT2D eigenvalue weighted by atomic mass is 9.49. The number of halogens is 3. The molecule has 2 nitrogen and oxygen atoms in total. The van der Waals surface area contributed by atoms with Gasteiger partial charge in [-0.3, -0.25) is 0 Å². The van der Waals surface area contributed by atoms with Gasteiger partial charge in [-0.05, 0) is 105 Å². The zero-order chi connectivity index (χ0) is 22.7. The van der Waals surface area contributed by atoms with Gasteiger partial charge >= 0.3 is 0 Å².